The van der Waals surface area contributed by atoms with Crippen molar-refractivity contribution in [2.24, 2.45) is 5.92 Å². The summed E-state index contributed by atoms with van der Waals surface area (Å²) in [6.45, 7) is 5.55. The highest BCUT2D eigenvalue weighted by Gasteiger charge is 2.30. The summed E-state index contributed by atoms with van der Waals surface area (Å²) in [5.41, 5.74) is 3.73. The summed E-state index contributed by atoms with van der Waals surface area (Å²) in [6.07, 6.45) is 2.82. The Morgan fingerprint density at radius 2 is 1.79 bits per heavy atom. The Balaban J connectivity index is 1.81. The van der Waals surface area contributed by atoms with E-state index >= 15 is 0 Å². The molecule has 0 saturated carbocycles. The fourth-order valence-corrected chi connectivity index (χ4v) is 5.32. The van der Waals surface area contributed by atoms with Crippen LogP contribution < -0.4 is 35.6 Å². The number of ether oxygens (including phenoxy) is 3. The van der Waals surface area contributed by atoms with E-state index in [1.165, 1.54) is 20.1 Å². The summed E-state index contributed by atoms with van der Waals surface area (Å²) in [7, 11) is 4.66. The van der Waals surface area contributed by atoms with Crippen LogP contribution in [-0.2, 0) is 22.6 Å². The van der Waals surface area contributed by atoms with Gasteiger partial charge in [-0.3, -0.25) is 19.4 Å². The van der Waals surface area contributed by atoms with E-state index < -0.39 is 12.1 Å². The van der Waals surface area contributed by atoms with Gasteiger partial charge in [-0.15, -0.1) is 0 Å². The number of benzene rings is 1. The molecule has 4 rings (SSSR count). The number of anilines is 1. The molecule has 1 aliphatic carbocycles. The highest BCUT2D eigenvalue weighted by Crippen LogP contribution is 2.50. The zero-order chi connectivity index (χ0) is 30.4. The summed E-state index contributed by atoms with van der Waals surface area (Å²) in [5.74, 6) is 0.847. The molecule has 10 nitrogen and oxygen atoms in total. The monoisotopic (exact) mass is 574 g/mol. The molecular formula is C32H38N4O6. The number of carbonyl (C=O) groups is 2. The van der Waals surface area contributed by atoms with Crippen LogP contribution in [-0.4, -0.2) is 44.2 Å². The second-order valence-electron chi connectivity index (χ2n) is 10.5. The predicted octanol–water partition coefficient (Wildman–Crippen LogP) is 4.01. The van der Waals surface area contributed by atoms with Crippen molar-refractivity contribution >= 4 is 17.5 Å². The number of rotatable bonds is 10. The molecule has 222 valence electrons. The lowest BCUT2D eigenvalue weighted by atomic mass is 9.95. The number of amides is 2. The molecule has 3 aromatic rings. The van der Waals surface area contributed by atoms with Crippen LogP contribution in [0, 0.1) is 5.92 Å². The van der Waals surface area contributed by atoms with Gasteiger partial charge in [0, 0.05) is 18.7 Å². The van der Waals surface area contributed by atoms with Crippen molar-refractivity contribution in [2.45, 2.75) is 52.2 Å². The quantitative estimate of drug-likeness (QED) is 0.332. The summed E-state index contributed by atoms with van der Waals surface area (Å²) in [4.78, 5) is 43.4. The van der Waals surface area contributed by atoms with Gasteiger partial charge in [0.1, 0.15) is 6.04 Å². The zero-order valence-corrected chi connectivity index (χ0v) is 24.9. The minimum absolute atomic E-state index is 0.124. The van der Waals surface area contributed by atoms with Crippen LogP contribution in [0.1, 0.15) is 50.1 Å². The highest BCUT2D eigenvalue weighted by molar-refractivity contribution is 5.86. The molecule has 1 heterocycles. The molecular weight excluding hydrogens is 536 g/mol. The topological polar surface area (TPSA) is 128 Å². The summed E-state index contributed by atoms with van der Waals surface area (Å²) < 4.78 is 17.1. The van der Waals surface area contributed by atoms with E-state index in [0.29, 0.717) is 41.2 Å². The molecule has 3 N–H and O–H groups in total. The predicted molar refractivity (Wildman–Crippen MR) is 161 cm³/mol. The van der Waals surface area contributed by atoms with Crippen LogP contribution >= 0.6 is 0 Å². The van der Waals surface area contributed by atoms with Gasteiger partial charge in [-0.2, -0.15) is 0 Å². The number of nitrogens with one attached hydrogen (secondary N) is 3. The van der Waals surface area contributed by atoms with Gasteiger partial charge in [0.15, 0.2) is 11.5 Å². The van der Waals surface area contributed by atoms with Crippen LogP contribution in [0.15, 0.2) is 53.5 Å². The van der Waals surface area contributed by atoms with Gasteiger partial charge in [0.25, 0.3) is 0 Å². The molecule has 42 heavy (non-hydrogen) atoms. The lowest BCUT2D eigenvalue weighted by Crippen LogP contribution is -2.43. The average molecular weight is 575 g/mol. The van der Waals surface area contributed by atoms with Gasteiger partial charge in [0.2, 0.25) is 23.0 Å². The van der Waals surface area contributed by atoms with Crippen molar-refractivity contribution in [3.05, 3.63) is 75.7 Å². The van der Waals surface area contributed by atoms with E-state index in [1.54, 1.807) is 26.5 Å². The third-order valence-electron chi connectivity index (χ3n) is 7.35. The lowest BCUT2D eigenvalue weighted by molar-refractivity contribution is -0.123. The summed E-state index contributed by atoms with van der Waals surface area (Å²) in [5, 5.41) is 9.10. The minimum atomic E-state index is -0.680. The van der Waals surface area contributed by atoms with E-state index in [4.69, 9.17) is 14.2 Å². The summed E-state index contributed by atoms with van der Waals surface area (Å²) >= 11 is 0. The van der Waals surface area contributed by atoms with Crippen molar-refractivity contribution in [1.29, 1.82) is 0 Å². The van der Waals surface area contributed by atoms with Crippen LogP contribution in [0.5, 0.6) is 17.2 Å². The Kier molecular flexibility index (Phi) is 9.67. The van der Waals surface area contributed by atoms with Gasteiger partial charge < -0.3 is 30.2 Å². The Morgan fingerprint density at radius 1 is 1.02 bits per heavy atom. The third kappa shape index (κ3) is 6.48. The molecule has 1 aliphatic rings. The molecule has 10 heteroatoms. The lowest BCUT2D eigenvalue weighted by Gasteiger charge is -2.22. The van der Waals surface area contributed by atoms with Gasteiger partial charge in [0.05, 0.1) is 45.3 Å². The second kappa shape index (κ2) is 13.4. The van der Waals surface area contributed by atoms with Crippen molar-refractivity contribution in [2.75, 3.05) is 26.6 Å². The Bertz CT molecular complexity index is 1510. The highest BCUT2D eigenvalue weighted by atomic mass is 16.5. The SMILES string of the molecule is COc1cc2c(c(OC)c1OC)-c1ccc(N[C@H](C(=O)NCc3ccccn3)C(C)C)c(=O)cc1[C@H](NC(C)=O)CC2. The first-order valence-electron chi connectivity index (χ1n) is 13.9. The second-order valence-corrected chi connectivity index (χ2v) is 10.5. The first-order valence-corrected chi connectivity index (χ1v) is 13.9. The van der Waals surface area contributed by atoms with Gasteiger partial charge in [-0.1, -0.05) is 26.0 Å². The van der Waals surface area contributed by atoms with Gasteiger partial charge in [-0.25, -0.2) is 0 Å². The molecule has 0 radical (unpaired) electrons. The fourth-order valence-electron chi connectivity index (χ4n) is 5.32. The smallest absolute Gasteiger partial charge is 0.243 e. The largest absolute Gasteiger partial charge is 0.493 e. The maximum Gasteiger partial charge on any atom is 0.243 e. The van der Waals surface area contributed by atoms with E-state index in [2.05, 4.69) is 20.9 Å². The normalized spacial score (nSPS) is 14.5. The van der Waals surface area contributed by atoms with Crippen LogP contribution in [0.25, 0.3) is 11.1 Å². The van der Waals surface area contributed by atoms with Crippen molar-refractivity contribution in [1.82, 2.24) is 15.6 Å². The van der Waals surface area contributed by atoms with Crippen LogP contribution in [0.3, 0.4) is 0 Å². The first-order chi connectivity index (χ1) is 20.2. The molecule has 0 fully saturated rings. The molecule has 2 aromatic carbocycles. The number of carbonyl (C=O) groups excluding carboxylic acids is 2. The Hall–Kier alpha value is -4.60. The molecule has 0 unspecified atom stereocenters. The van der Waals surface area contributed by atoms with Crippen LogP contribution in [0.2, 0.25) is 0 Å². The standard InChI is InChI=1S/C32H38N4O6/c1-18(2)29(32(39)34-17-21-9-7-8-14-33-21)36-25-13-11-22-23(16-26(25)38)24(35-19(3)37)12-10-20-15-27(40-4)30(41-5)31(42-6)28(20)22/h7-9,11,13-16,18,24,29H,10,12,17H2,1-6H3,(H,34,39)(H,35,37)(H,36,38)/t24-,29+/m1/s1. The van der Waals surface area contributed by atoms with Crippen molar-refractivity contribution in [3.63, 3.8) is 0 Å². The number of hydrogen-bond acceptors (Lipinski definition) is 8. The number of aryl methyl sites for hydroxylation is 1. The number of methoxy groups -OCH3 is 3. The van der Waals surface area contributed by atoms with Crippen molar-refractivity contribution < 1.29 is 23.8 Å². The fraction of sp³-hybridized carbons (Fsp3) is 0.375. The maximum absolute atomic E-state index is 13.7. The first kappa shape index (κ1) is 30.4. The number of nitrogens with zero attached hydrogens (tertiary/aromatic N) is 1. The maximum atomic E-state index is 13.7. The molecule has 0 saturated heterocycles. The zero-order valence-electron chi connectivity index (χ0n) is 24.9. The molecule has 1 aromatic heterocycles. The van der Waals surface area contributed by atoms with E-state index in [0.717, 1.165) is 16.8 Å². The van der Waals surface area contributed by atoms with Gasteiger partial charge >= 0.3 is 0 Å². The van der Waals surface area contributed by atoms with E-state index in [1.807, 2.05) is 44.2 Å². The van der Waals surface area contributed by atoms with E-state index in [-0.39, 0.29) is 35.4 Å². The Morgan fingerprint density at radius 3 is 2.40 bits per heavy atom. The van der Waals surface area contributed by atoms with Crippen molar-refractivity contribution in [3.8, 4) is 28.4 Å². The summed E-state index contributed by atoms with van der Waals surface area (Å²) in [6, 6.07) is 11.3. The number of pyridine rings is 1. The molecule has 0 aliphatic heterocycles. The molecule has 0 bridgehead atoms. The number of aromatic nitrogens is 1. The Labute approximate surface area is 245 Å². The van der Waals surface area contributed by atoms with Gasteiger partial charge in [-0.05, 0) is 65.8 Å². The number of hydrogen-bond donors (Lipinski definition) is 3. The third-order valence-corrected chi connectivity index (χ3v) is 7.35. The molecule has 0 spiro atoms. The average Bonchev–Trinajstić information content (AvgIpc) is 3.22. The van der Waals surface area contributed by atoms with Crippen LogP contribution in [0.4, 0.5) is 5.69 Å². The molecule has 2 atom stereocenters. The molecule has 2 amide bonds. The minimum Gasteiger partial charge on any atom is -0.493 e. The van der Waals surface area contributed by atoms with E-state index in [9.17, 15) is 14.4 Å². The number of fused-ring (bicyclic) bond motifs is 3.